The van der Waals surface area contributed by atoms with Crippen LogP contribution >= 0.6 is 12.4 Å². The molecule has 1 fully saturated rings. The summed E-state index contributed by atoms with van der Waals surface area (Å²) < 4.78 is 47.5. The molecule has 12 heteroatoms. The monoisotopic (exact) mass is 598 g/mol. The Kier molecular flexibility index (Phi) is 9.64. The van der Waals surface area contributed by atoms with Crippen LogP contribution in [0.3, 0.4) is 0 Å². The topological polar surface area (TPSA) is 92.3 Å². The Morgan fingerprint density at radius 2 is 1.83 bits per heavy atom. The number of hydrogen-bond acceptors (Lipinski definition) is 7. The van der Waals surface area contributed by atoms with Gasteiger partial charge in [0.1, 0.15) is 11.9 Å². The molecule has 0 atom stereocenters. The lowest BCUT2D eigenvalue weighted by atomic mass is 10.1. The van der Waals surface area contributed by atoms with E-state index in [2.05, 4.69) is 30.5 Å². The van der Waals surface area contributed by atoms with Crippen molar-refractivity contribution in [2.24, 2.45) is 0 Å². The van der Waals surface area contributed by atoms with Gasteiger partial charge < -0.3 is 20.3 Å². The fraction of sp³-hybridized carbons (Fsp3) is 0.267. The van der Waals surface area contributed by atoms with Crippen LogP contribution in [0.15, 0.2) is 73.2 Å². The van der Waals surface area contributed by atoms with Crippen LogP contribution in [0, 0.1) is 6.92 Å². The molecule has 1 aliphatic rings. The number of nitrogens with zero attached hydrogens (tertiary/aromatic N) is 4. The molecule has 0 aliphatic carbocycles. The molecule has 0 spiro atoms. The Balaban J connectivity index is 0.00000405. The molecular weight excluding hydrogens is 569 g/mol. The molecule has 1 amide bonds. The van der Waals surface area contributed by atoms with E-state index < -0.39 is 17.6 Å². The Morgan fingerprint density at radius 1 is 1.05 bits per heavy atom. The van der Waals surface area contributed by atoms with Gasteiger partial charge in [0.25, 0.3) is 5.91 Å². The van der Waals surface area contributed by atoms with Crippen LogP contribution in [0.25, 0.3) is 11.3 Å². The molecule has 2 aromatic carbocycles. The second-order valence-corrected chi connectivity index (χ2v) is 9.95. The van der Waals surface area contributed by atoms with E-state index in [4.69, 9.17) is 4.74 Å². The van der Waals surface area contributed by atoms with Gasteiger partial charge >= 0.3 is 6.18 Å². The first-order chi connectivity index (χ1) is 19.7. The number of ether oxygens (including phenoxy) is 1. The third kappa shape index (κ3) is 7.54. The average Bonchev–Trinajstić information content (AvgIpc) is 2.96. The number of hydrogen-bond donors (Lipinski definition) is 2. The van der Waals surface area contributed by atoms with Gasteiger partial charge in [0.2, 0.25) is 5.95 Å². The summed E-state index contributed by atoms with van der Waals surface area (Å²) in [6, 6.07) is 14.0. The van der Waals surface area contributed by atoms with Gasteiger partial charge in [-0.3, -0.25) is 9.78 Å². The van der Waals surface area contributed by atoms with Gasteiger partial charge in [0.05, 0.1) is 11.3 Å². The third-order valence-electron chi connectivity index (χ3n) is 6.86. The largest absolute Gasteiger partial charge is 0.490 e. The van der Waals surface area contributed by atoms with E-state index >= 15 is 0 Å². The lowest BCUT2D eigenvalue weighted by Gasteiger charge is -2.30. The molecule has 1 aliphatic heterocycles. The van der Waals surface area contributed by atoms with E-state index in [0.717, 1.165) is 30.3 Å². The van der Waals surface area contributed by atoms with E-state index in [1.165, 1.54) is 12.1 Å². The number of aryl methyl sites for hydroxylation is 1. The van der Waals surface area contributed by atoms with Crippen molar-refractivity contribution in [1.29, 1.82) is 0 Å². The van der Waals surface area contributed by atoms with Crippen molar-refractivity contribution in [2.75, 3.05) is 30.8 Å². The van der Waals surface area contributed by atoms with Gasteiger partial charge in [0, 0.05) is 54.2 Å². The van der Waals surface area contributed by atoms with Gasteiger partial charge in [-0.05, 0) is 80.9 Å². The standard InChI is InChI=1S/C30H29F3N6O2.ClH/c1-19-5-6-20(16-26(19)38-29-35-13-9-25(37-29)21-4-3-12-34-18-21)28(40)36-22-7-8-27(24(17-22)30(31,32)33)41-23-10-14-39(2)15-11-23;/h3-9,12-13,16-18,23H,10-11,14-15H2,1-2H3,(H,36,40)(H,35,37,38);1H. The number of anilines is 3. The van der Waals surface area contributed by atoms with Crippen molar-refractivity contribution >= 4 is 35.6 Å². The fourth-order valence-electron chi connectivity index (χ4n) is 4.53. The second-order valence-electron chi connectivity index (χ2n) is 9.95. The van der Waals surface area contributed by atoms with Crippen LogP contribution in [0.5, 0.6) is 5.75 Å². The number of likely N-dealkylation sites (tertiary alicyclic amines) is 1. The highest BCUT2D eigenvalue weighted by atomic mass is 35.5. The summed E-state index contributed by atoms with van der Waals surface area (Å²) in [6.07, 6.45) is 1.34. The van der Waals surface area contributed by atoms with Crippen LogP contribution in [-0.4, -0.2) is 52.0 Å². The maximum Gasteiger partial charge on any atom is 0.420 e. The van der Waals surface area contributed by atoms with Crippen molar-refractivity contribution in [3.8, 4) is 17.0 Å². The summed E-state index contributed by atoms with van der Waals surface area (Å²) in [5.41, 5.74) is 2.24. The van der Waals surface area contributed by atoms with Gasteiger partial charge in [-0.1, -0.05) is 6.07 Å². The molecule has 5 rings (SSSR count). The van der Waals surface area contributed by atoms with E-state index in [-0.39, 0.29) is 35.5 Å². The van der Waals surface area contributed by atoms with Crippen LogP contribution in [0.2, 0.25) is 0 Å². The molecular formula is C30H30ClF3N6O2. The molecule has 2 N–H and O–H groups in total. The minimum absolute atomic E-state index is 0. The number of piperidine rings is 1. The lowest BCUT2D eigenvalue weighted by Crippen LogP contribution is -2.36. The van der Waals surface area contributed by atoms with Crippen molar-refractivity contribution < 1.29 is 22.7 Å². The highest BCUT2D eigenvalue weighted by molar-refractivity contribution is 6.05. The van der Waals surface area contributed by atoms with Crippen LogP contribution < -0.4 is 15.4 Å². The summed E-state index contributed by atoms with van der Waals surface area (Å²) in [7, 11) is 1.97. The van der Waals surface area contributed by atoms with Gasteiger partial charge in [0.15, 0.2) is 0 Å². The van der Waals surface area contributed by atoms with E-state index in [0.29, 0.717) is 30.2 Å². The number of pyridine rings is 1. The molecule has 0 unspecified atom stereocenters. The first-order valence-corrected chi connectivity index (χ1v) is 13.1. The van der Waals surface area contributed by atoms with E-state index in [1.807, 2.05) is 26.1 Å². The maximum atomic E-state index is 13.9. The smallest absolute Gasteiger partial charge is 0.420 e. The Bertz CT molecular complexity index is 1530. The zero-order valence-electron chi connectivity index (χ0n) is 23.0. The quantitative estimate of drug-likeness (QED) is 0.243. The summed E-state index contributed by atoms with van der Waals surface area (Å²) in [4.78, 5) is 28.1. The normalized spacial score (nSPS) is 14.1. The molecule has 0 bridgehead atoms. The van der Waals surface area contributed by atoms with Crippen LogP contribution in [0.4, 0.5) is 30.5 Å². The van der Waals surface area contributed by atoms with Crippen LogP contribution in [-0.2, 0) is 6.18 Å². The van der Waals surface area contributed by atoms with Crippen molar-refractivity contribution in [2.45, 2.75) is 32.0 Å². The molecule has 220 valence electrons. The fourth-order valence-corrected chi connectivity index (χ4v) is 4.53. The molecule has 1 saturated heterocycles. The molecule has 2 aromatic heterocycles. The highest BCUT2D eigenvalue weighted by Gasteiger charge is 2.36. The van der Waals surface area contributed by atoms with Gasteiger partial charge in [-0.15, -0.1) is 12.4 Å². The molecule has 0 radical (unpaired) electrons. The third-order valence-corrected chi connectivity index (χ3v) is 6.86. The Hall–Kier alpha value is -4.22. The number of alkyl halides is 3. The second kappa shape index (κ2) is 13.2. The van der Waals surface area contributed by atoms with Crippen molar-refractivity contribution in [3.63, 3.8) is 0 Å². The molecule has 3 heterocycles. The number of nitrogens with one attached hydrogen (secondary N) is 2. The Labute approximate surface area is 247 Å². The zero-order chi connectivity index (χ0) is 29.0. The van der Waals surface area contributed by atoms with Crippen molar-refractivity contribution in [3.05, 3.63) is 89.9 Å². The van der Waals surface area contributed by atoms with Gasteiger partial charge in [-0.25, -0.2) is 9.97 Å². The SMILES string of the molecule is Cc1ccc(C(=O)Nc2ccc(OC3CCN(C)CC3)c(C(F)(F)F)c2)cc1Nc1nccc(-c2cccnc2)n1.Cl. The summed E-state index contributed by atoms with van der Waals surface area (Å²) in [5, 5.41) is 5.71. The number of amides is 1. The van der Waals surface area contributed by atoms with E-state index in [9.17, 15) is 18.0 Å². The minimum atomic E-state index is -4.65. The molecule has 4 aromatic rings. The number of benzene rings is 2. The predicted molar refractivity (Wildman–Crippen MR) is 158 cm³/mol. The number of carbonyl (C=O) groups excluding carboxylic acids is 1. The maximum absolute atomic E-state index is 13.9. The lowest BCUT2D eigenvalue weighted by molar-refractivity contribution is -0.139. The minimum Gasteiger partial charge on any atom is -0.490 e. The van der Waals surface area contributed by atoms with Crippen LogP contribution in [0.1, 0.15) is 34.3 Å². The highest BCUT2D eigenvalue weighted by Crippen LogP contribution is 2.39. The Morgan fingerprint density at radius 3 is 2.55 bits per heavy atom. The van der Waals surface area contributed by atoms with E-state index in [1.54, 1.807) is 42.9 Å². The first kappa shape index (κ1) is 30.7. The number of carbonyl (C=O) groups is 1. The first-order valence-electron chi connectivity index (χ1n) is 13.1. The number of rotatable bonds is 7. The summed E-state index contributed by atoms with van der Waals surface area (Å²) in [6.45, 7) is 3.37. The summed E-state index contributed by atoms with van der Waals surface area (Å²) in [5.74, 6) is -0.474. The number of halogens is 4. The zero-order valence-corrected chi connectivity index (χ0v) is 23.8. The van der Waals surface area contributed by atoms with Gasteiger partial charge in [-0.2, -0.15) is 13.2 Å². The molecule has 0 saturated carbocycles. The molecule has 42 heavy (non-hydrogen) atoms. The molecule has 8 nitrogen and oxygen atoms in total. The predicted octanol–water partition coefficient (Wildman–Crippen LogP) is 6.76. The summed E-state index contributed by atoms with van der Waals surface area (Å²) >= 11 is 0. The van der Waals surface area contributed by atoms with Crippen molar-refractivity contribution in [1.82, 2.24) is 19.9 Å². The number of aromatic nitrogens is 3. The average molecular weight is 599 g/mol.